The Bertz CT molecular complexity index is 3200. The van der Waals surface area contributed by atoms with Crippen LogP contribution >= 0.6 is 0 Å². The van der Waals surface area contributed by atoms with Crippen LogP contribution in [0.3, 0.4) is 0 Å². The molecule has 0 radical (unpaired) electrons. The summed E-state index contributed by atoms with van der Waals surface area (Å²) >= 11 is 0. The van der Waals surface area contributed by atoms with E-state index in [9.17, 15) is 0 Å². The maximum Gasteiger partial charge on any atom is 0.137 e. The van der Waals surface area contributed by atoms with Crippen LogP contribution in [0.4, 0.5) is 17.1 Å². The summed E-state index contributed by atoms with van der Waals surface area (Å²) < 4.78 is 6.37. The smallest absolute Gasteiger partial charge is 0.137 e. The third-order valence-corrected chi connectivity index (χ3v) is 11.0. The zero-order valence-electron chi connectivity index (χ0n) is 29.4. The first kappa shape index (κ1) is 30.5. The molecule has 0 spiro atoms. The van der Waals surface area contributed by atoms with E-state index < -0.39 is 0 Å². The molecule has 0 amide bonds. The predicted molar refractivity (Wildman–Crippen MR) is 229 cm³/mol. The molecule has 11 aromatic rings. The highest BCUT2D eigenvalue weighted by Gasteiger charge is 2.17. The largest absolute Gasteiger partial charge is 0.456 e. The molecule has 0 saturated carbocycles. The van der Waals surface area contributed by atoms with Crippen molar-refractivity contribution in [2.75, 3.05) is 4.90 Å². The van der Waals surface area contributed by atoms with Crippen molar-refractivity contribution in [2.45, 2.75) is 0 Å². The monoisotopic (exact) mass is 687 g/mol. The van der Waals surface area contributed by atoms with Gasteiger partial charge in [0.25, 0.3) is 0 Å². The van der Waals surface area contributed by atoms with E-state index in [1.54, 1.807) is 0 Å². The first-order chi connectivity index (χ1) is 26.7. The molecule has 0 fully saturated rings. The van der Waals surface area contributed by atoms with Gasteiger partial charge >= 0.3 is 0 Å². The topological polar surface area (TPSA) is 16.4 Å². The summed E-state index contributed by atoms with van der Waals surface area (Å²) in [6, 6.07) is 72.3. The van der Waals surface area contributed by atoms with Crippen molar-refractivity contribution < 1.29 is 4.42 Å². The Morgan fingerprint density at radius 2 is 0.796 bits per heavy atom. The lowest BCUT2D eigenvalue weighted by Gasteiger charge is -2.26. The molecule has 252 valence electrons. The van der Waals surface area contributed by atoms with Crippen LogP contribution in [0.2, 0.25) is 0 Å². The predicted octanol–water partition coefficient (Wildman–Crippen LogP) is 15.0. The van der Waals surface area contributed by atoms with Gasteiger partial charge < -0.3 is 9.32 Å². The quantitative estimate of drug-likeness (QED) is 0.168. The van der Waals surface area contributed by atoms with Crippen molar-refractivity contribution in [3.8, 4) is 22.3 Å². The van der Waals surface area contributed by atoms with Gasteiger partial charge in [0.05, 0.1) is 0 Å². The van der Waals surface area contributed by atoms with E-state index in [-0.39, 0.29) is 0 Å². The summed E-state index contributed by atoms with van der Waals surface area (Å²) in [5.74, 6) is 0. The SMILES string of the molecule is c1ccc2c(-c3ccc(N(c4ccc(-c5ccc6ccc7c8ccccc8ccc7c6c5)cc4)c4ccc5c(c4)oc4ccccc45)cc3)cccc2c1. The van der Waals surface area contributed by atoms with E-state index in [4.69, 9.17) is 4.42 Å². The molecule has 0 atom stereocenters. The molecule has 2 nitrogen and oxygen atoms in total. The van der Waals surface area contributed by atoms with Crippen LogP contribution in [-0.2, 0) is 0 Å². The molecule has 2 heteroatoms. The second-order valence-corrected chi connectivity index (χ2v) is 14.1. The summed E-state index contributed by atoms with van der Waals surface area (Å²) in [4.78, 5) is 2.32. The van der Waals surface area contributed by atoms with Crippen molar-refractivity contribution in [3.63, 3.8) is 0 Å². The highest BCUT2D eigenvalue weighted by molar-refractivity contribution is 6.17. The van der Waals surface area contributed by atoms with Crippen LogP contribution in [0.15, 0.2) is 205 Å². The van der Waals surface area contributed by atoms with E-state index in [0.717, 1.165) is 39.0 Å². The average molecular weight is 688 g/mol. The van der Waals surface area contributed by atoms with Crippen molar-refractivity contribution in [2.24, 2.45) is 0 Å². The number of nitrogens with zero attached hydrogens (tertiary/aromatic N) is 1. The van der Waals surface area contributed by atoms with E-state index in [1.807, 2.05) is 12.1 Å². The number of fused-ring (bicyclic) bond motifs is 9. The highest BCUT2D eigenvalue weighted by Crippen LogP contribution is 2.41. The van der Waals surface area contributed by atoms with Gasteiger partial charge in [-0.1, -0.05) is 146 Å². The van der Waals surface area contributed by atoms with Crippen LogP contribution in [0.5, 0.6) is 0 Å². The summed E-state index contributed by atoms with van der Waals surface area (Å²) in [5.41, 5.74) is 9.76. The van der Waals surface area contributed by atoms with Crippen LogP contribution in [-0.4, -0.2) is 0 Å². The van der Waals surface area contributed by atoms with E-state index >= 15 is 0 Å². The molecule has 0 aliphatic carbocycles. The molecule has 10 aromatic carbocycles. The van der Waals surface area contributed by atoms with Crippen molar-refractivity contribution in [1.29, 1.82) is 0 Å². The summed E-state index contributed by atoms with van der Waals surface area (Å²) in [6.07, 6.45) is 0. The third-order valence-electron chi connectivity index (χ3n) is 11.0. The summed E-state index contributed by atoms with van der Waals surface area (Å²) in [6.45, 7) is 0. The Morgan fingerprint density at radius 1 is 0.278 bits per heavy atom. The molecule has 1 aromatic heterocycles. The first-order valence-corrected chi connectivity index (χ1v) is 18.5. The molecular formula is C52H33NO. The van der Waals surface area contributed by atoms with Gasteiger partial charge in [-0.2, -0.15) is 0 Å². The molecule has 0 N–H and O–H groups in total. The van der Waals surface area contributed by atoms with Crippen LogP contribution in [0, 0.1) is 0 Å². The highest BCUT2D eigenvalue weighted by atomic mass is 16.3. The van der Waals surface area contributed by atoms with Gasteiger partial charge in [-0.15, -0.1) is 0 Å². The molecule has 0 aliphatic rings. The van der Waals surface area contributed by atoms with Gasteiger partial charge in [0.1, 0.15) is 11.2 Å². The summed E-state index contributed by atoms with van der Waals surface area (Å²) in [5, 5.41) is 12.4. The number of benzene rings is 10. The molecule has 1 heterocycles. The lowest BCUT2D eigenvalue weighted by Crippen LogP contribution is -2.09. The minimum atomic E-state index is 0.874. The maximum absolute atomic E-state index is 6.37. The molecule has 11 rings (SSSR count). The number of anilines is 3. The average Bonchev–Trinajstić information content (AvgIpc) is 3.62. The fraction of sp³-hybridized carbons (Fsp3) is 0. The Kier molecular flexibility index (Phi) is 6.90. The van der Waals surface area contributed by atoms with Gasteiger partial charge in [0.15, 0.2) is 0 Å². The van der Waals surface area contributed by atoms with Crippen LogP contribution in [0.25, 0.3) is 87.3 Å². The standard InChI is InChI=1S/C52H33NO/c1-3-11-43-35(8-1)10-7-14-44(43)37-20-26-41(27-21-37)53(42-28-31-49-48-13-5-6-15-51(48)54-52(49)33-42)40-24-18-34(19-25-40)39-17-16-38-23-29-46-45-12-4-2-9-36(45)22-30-47(46)50(38)32-39/h1-33H. The fourth-order valence-electron chi connectivity index (χ4n) is 8.37. The summed E-state index contributed by atoms with van der Waals surface area (Å²) in [7, 11) is 0. The van der Waals surface area contributed by atoms with Gasteiger partial charge in [0, 0.05) is 33.9 Å². The molecule has 0 bridgehead atoms. The Morgan fingerprint density at radius 3 is 1.57 bits per heavy atom. The zero-order chi connectivity index (χ0) is 35.6. The minimum Gasteiger partial charge on any atom is -0.456 e. The molecule has 0 aliphatic heterocycles. The van der Waals surface area contributed by atoms with Gasteiger partial charge in [-0.25, -0.2) is 0 Å². The second-order valence-electron chi connectivity index (χ2n) is 14.1. The molecule has 0 saturated heterocycles. The number of para-hydroxylation sites is 1. The Labute approximate surface area is 312 Å². The van der Waals surface area contributed by atoms with E-state index in [2.05, 4.69) is 193 Å². The first-order valence-electron chi connectivity index (χ1n) is 18.5. The third kappa shape index (κ3) is 4.96. The Hall–Kier alpha value is -7.16. The second kappa shape index (κ2) is 12.2. The molecule has 54 heavy (non-hydrogen) atoms. The van der Waals surface area contributed by atoms with Crippen molar-refractivity contribution in [1.82, 2.24) is 0 Å². The lowest BCUT2D eigenvalue weighted by molar-refractivity contribution is 0.669. The minimum absolute atomic E-state index is 0.874. The van der Waals surface area contributed by atoms with Crippen LogP contribution < -0.4 is 4.90 Å². The number of furan rings is 1. The van der Waals surface area contributed by atoms with E-state index in [1.165, 1.54) is 65.3 Å². The van der Waals surface area contributed by atoms with Crippen molar-refractivity contribution in [3.05, 3.63) is 200 Å². The zero-order valence-corrected chi connectivity index (χ0v) is 29.4. The number of hydrogen-bond donors (Lipinski definition) is 0. The van der Waals surface area contributed by atoms with E-state index in [0.29, 0.717) is 0 Å². The Balaban J connectivity index is 1.02. The van der Waals surface area contributed by atoms with Gasteiger partial charge in [-0.05, 0) is 114 Å². The van der Waals surface area contributed by atoms with Crippen molar-refractivity contribution >= 4 is 82.1 Å². The fourth-order valence-corrected chi connectivity index (χ4v) is 8.37. The van der Waals surface area contributed by atoms with Gasteiger partial charge in [-0.3, -0.25) is 0 Å². The molecular weight excluding hydrogens is 655 g/mol. The number of rotatable bonds is 5. The normalized spacial score (nSPS) is 11.7. The lowest BCUT2D eigenvalue weighted by atomic mass is 9.94. The van der Waals surface area contributed by atoms with Crippen LogP contribution in [0.1, 0.15) is 0 Å². The van der Waals surface area contributed by atoms with Gasteiger partial charge in [0.2, 0.25) is 0 Å². The maximum atomic E-state index is 6.37. The molecule has 0 unspecified atom stereocenters. The number of hydrogen-bond acceptors (Lipinski definition) is 2.